The van der Waals surface area contributed by atoms with Crippen molar-refractivity contribution < 1.29 is 5.21 Å². The monoisotopic (exact) mass is 305 g/mol. The van der Waals surface area contributed by atoms with Crippen LogP contribution < -0.4 is 10.6 Å². The van der Waals surface area contributed by atoms with E-state index >= 15 is 0 Å². The summed E-state index contributed by atoms with van der Waals surface area (Å²) in [4.78, 5) is 6.56. The zero-order valence-electron chi connectivity index (χ0n) is 12.3. The summed E-state index contributed by atoms with van der Waals surface area (Å²) in [5.74, 6) is 1.30. The van der Waals surface area contributed by atoms with Gasteiger partial charge in [0.2, 0.25) is 5.13 Å². The highest BCUT2D eigenvalue weighted by Gasteiger charge is 2.12. The van der Waals surface area contributed by atoms with Crippen LogP contribution >= 0.6 is 11.5 Å². The van der Waals surface area contributed by atoms with Gasteiger partial charge in [0, 0.05) is 36.6 Å². The van der Waals surface area contributed by atoms with Gasteiger partial charge in [0.05, 0.1) is 0 Å². The summed E-state index contributed by atoms with van der Waals surface area (Å²) >= 11 is 1.40. The van der Waals surface area contributed by atoms with Crippen molar-refractivity contribution in [2.75, 3.05) is 11.9 Å². The van der Waals surface area contributed by atoms with Crippen molar-refractivity contribution in [2.45, 2.75) is 26.3 Å². The minimum absolute atomic E-state index is 0.109. The Kier molecular flexibility index (Phi) is 4.74. The first-order valence-electron chi connectivity index (χ1n) is 6.63. The van der Waals surface area contributed by atoms with E-state index < -0.39 is 0 Å². The van der Waals surface area contributed by atoms with Crippen LogP contribution in [0.1, 0.15) is 36.7 Å². The lowest BCUT2D eigenvalue weighted by Gasteiger charge is -2.15. The van der Waals surface area contributed by atoms with Crippen molar-refractivity contribution in [3.8, 4) is 0 Å². The molecule has 21 heavy (non-hydrogen) atoms. The maximum Gasteiger partial charge on any atom is 0.205 e. The summed E-state index contributed by atoms with van der Waals surface area (Å²) in [5.41, 5.74) is 7.36. The normalized spacial score (nSPS) is 11.9. The largest absolute Gasteiger partial charge is 0.409 e. The molecule has 0 fully saturated rings. The Labute approximate surface area is 128 Å². The van der Waals surface area contributed by atoms with E-state index in [1.54, 1.807) is 6.07 Å². The Morgan fingerprint density at radius 2 is 2.24 bits per heavy atom. The number of rotatable bonds is 5. The topological polar surface area (TPSA) is 87.6 Å². The maximum absolute atomic E-state index is 8.73. The number of anilines is 1. The fraction of sp³-hybridized carbons (Fsp3) is 0.357. The Balaban J connectivity index is 2.13. The van der Waals surface area contributed by atoms with E-state index in [2.05, 4.69) is 28.4 Å². The third-order valence-corrected chi connectivity index (χ3v) is 3.87. The van der Waals surface area contributed by atoms with Gasteiger partial charge in [-0.25, -0.2) is 4.98 Å². The van der Waals surface area contributed by atoms with Crippen molar-refractivity contribution >= 4 is 22.5 Å². The summed E-state index contributed by atoms with van der Waals surface area (Å²) in [6, 6.07) is 7.58. The Bertz CT molecular complexity index is 638. The molecule has 0 spiro atoms. The Morgan fingerprint density at radius 3 is 2.86 bits per heavy atom. The second-order valence-corrected chi connectivity index (χ2v) is 5.86. The molecule has 3 N–H and O–H groups in total. The fourth-order valence-corrected chi connectivity index (χ4v) is 2.61. The molecule has 0 atom stereocenters. The van der Waals surface area contributed by atoms with Gasteiger partial charge in [0.15, 0.2) is 5.84 Å². The molecule has 0 aliphatic carbocycles. The van der Waals surface area contributed by atoms with Gasteiger partial charge in [-0.05, 0) is 11.6 Å². The lowest BCUT2D eigenvalue weighted by Crippen LogP contribution is -2.18. The zero-order valence-corrected chi connectivity index (χ0v) is 13.1. The van der Waals surface area contributed by atoms with Gasteiger partial charge in [0.25, 0.3) is 0 Å². The first-order valence-corrected chi connectivity index (χ1v) is 7.40. The van der Waals surface area contributed by atoms with Crippen LogP contribution in [0.4, 0.5) is 5.13 Å². The fourth-order valence-electron chi connectivity index (χ4n) is 1.84. The molecule has 0 bridgehead atoms. The zero-order chi connectivity index (χ0) is 15.4. The van der Waals surface area contributed by atoms with E-state index in [1.807, 2.05) is 30.1 Å². The first kappa shape index (κ1) is 15.2. The molecule has 1 heterocycles. The smallest absolute Gasteiger partial charge is 0.205 e. The highest BCUT2D eigenvalue weighted by atomic mass is 32.1. The van der Waals surface area contributed by atoms with Crippen LogP contribution in [-0.2, 0) is 6.54 Å². The summed E-state index contributed by atoms with van der Waals surface area (Å²) in [6.45, 7) is 4.83. The van der Waals surface area contributed by atoms with Crippen LogP contribution in [0.15, 0.2) is 29.4 Å². The van der Waals surface area contributed by atoms with Gasteiger partial charge < -0.3 is 15.8 Å². The van der Waals surface area contributed by atoms with E-state index in [-0.39, 0.29) is 5.84 Å². The van der Waals surface area contributed by atoms with Gasteiger partial charge in [-0.2, -0.15) is 4.37 Å². The van der Waals surface area contributed by atoms with Crippen molar-refractivity contribution in [2.24, 2.45) is 10.9 Å². The van der Waals surface area contributed by atoms with Gasteiger partial charge in [0.1, 0.15) is 5.82 Å². The first-order chi connectivity index (χ1) is 10.0. The van der Waals surface area contributed by atoms with Gasteiger partial charge >= 0.3 is 0 Å². The molecular weight excluding hydrogens is 286 g/mol. The number of nitrogens with zero attached hydrogens (tertiary/aromatic N) is 4. The number of aromatic nitrogens is 2. The van der Waals surface area contributed by atoms with Gasteiger partial charge in [-0.1, -0.05) is 37.2 Å². The van der Waals surface area contributed by atoms with E-state index in [9.17, 15) is 0 Å². The molecule has 0 radical (unpaired) electrons. The molecule has 1 aromatic heterocycles. The average molecular weight is 305 g/mol. The quantitative estimate of drug-likeness (QED) is 0.383. The number of nitrogens with two attached hydrogens (primary N) is 1. The number of hydrogen-bond acceptors (Lipinski definition) is 6. The van der Waals surface area contributed by atoms with Crippen LogP contribution in [0, 0.1) is 0 Å². The van der Waals surface area contributed by atoms with Crippen LogP contribution in [0.5, 0.6) is 0 Å². The molecule has 6 nitrogen and oxygen atoms in total. The van der Waals surface area contributed by atoms with Gasteiger partial charge in [-0.3, -0.25) is 0 Å². The highest BCUT2D eigenvalue weighted by molar-refractivity contribution is 7.09. The van der Waals surface area contributed by atoms with Crippen molar-refractivity contribution in [1.82, 2.24) is 9.36 Å². The second-order valence-electron chi connectivity index (χ2n) is 5.13. The molecule has 0 saturated heterocycles. The molecule has 0 amide bonds. The predicted molar refractivity (Wildman–Crippen MR) is 85.1 cm³/mol. The standard InChI is InChI=1S/C14H19N5OS/c1-9(2)13-16-14(21-18-13)19(3)8-10-5-4-6-11(7-10)12(15)17-20/h4-7,9,20H,8H2,1-3H3,(H2,15,17). The summed E-state index contributed by atoms with van der Waals surface area (Å²) < 4.78 is 4.35. The second kappa shape index (κ2) is 6.53. The molecule has 0 saturated carbocycles. The molecule has 2 rings (SSSR count). The minimum Gasteiger partial charge on any atom is -0.409 e. The molecular formula is C14H19N5OS. The summed E-state index contributed by atoms with van der Waals surface area (Å²) in [6.07, 6.45) is 0. The summed E-state index contributed by atoms with van der Waals surface area (Å²) in [7, 11) is 1.97. The Hall–Kier alpha value is -2.15. The molecule has 1 aromatic carbocycles. The van der Waals surface area contributed by atoms with E-state index in [4.69, 9.17) is 10.9 Å². The highest BCUT2D eigenvalue weighted by Crippen LogP contribution is 2.22. The number of oxime groups is 1. The number of hydrogen-bond donors (Lipinski definition) is 2. The molecule has 2 aromatic rings. The van der Waals surface area contributed by atoms with Crippen molar-refractivity contribution in [3.63, 3.8) is 0 Å². The van der Waals surface area contributed by atoms with Crippen molar-refractivity contribution in [1.29, 1.82) is 0 Å². The van der Waals surface area contributed by atoms with E-state index in [1.165, 1.54) is 11.5 Å². The van der Waals surface area contributed by atoms with Crippen LogP contribution in [-0.4, -0.2) is 27.4 Å². The van der Waals surface area contributed by atoms with Crippen LogP contribution in [0.3, 0.4) is 0 Å². The number of benzene rings is 1. The van der Waals surface area contributed by atoms with E-state index in [0.717, 1.165) is 16.5 Å². The van der Waals surface area contributed by atoms with E-state index in [0.29, 0.717) is 18.0 Å². The van der Waals surface area contributed by atoms with Crippen LogP contribution in [0.2, 0.25) is 0 Å². The number of amidine groups is 1. The molecule has 112 valence electrons. The molecule has 0 aliphatic heterocycles. The molecule has 0 unspecified atom stereocenters. The average Bonchev–Trinajstić information content (AvgIpc) is 2.97. The van der Waals surface area contributed by atoms with Gasteiger partial charge in [-0.15, -0.1) is 0 Å². The van der Waals surface area contributed by atoms with Crippen LogP contribution in [0.25, 0.3) is 0 Å². The molecule has 0 aliphatic rings. The molecule has 7 heteroatoms. The lowest BCUT2D eigenvalue weighted by atomic mass is 10.1. The van der Waals surface area contributed by atoms with Crippen molar-refractivity contribution in [3.05, 3.63) is 41.2 Å². The SMILES string of the molecule is CC(C)c1nsc(N(C)Cc2cccc(C(N)=NO)c2)n1. The summed E-state index contributed by atoms with van der Waals surface area (Å²) in [5, 5.41) is 12.6. The predicted octanol–water partition coefficient (Wildman–Crippen LogP) is 2.39. The lowest BCUT2D eigenvalue weighted by molar-refractivity contribution is 0.318. The third-order valence-electron chi connectivity index (χ3n) is 3.02. The Morgan fingerprint density at radius 1 is 1.48 bits per heavy atom. The minimum atomic E-state index is 0.109. The third kappa shape index (κ3) is 3.69. The maximum atomic E-state index is 8.73.